The van der Waals surface area contributed by atoms with Gasteiger partial charge in [-0.25, -0.2) is 0 Å². The molecule has 1 heterocycles. The summed E-state index contributed by atoms with van der Waals surface area (Å²) < 4.78 is 0. The Morgan fingerprint density at radius 3 is 2.48 bits per heavy atom. The fourth-order valence-corrected chi connectivity index (χ4v) is 4.48. The van der Waals surface area contributed by atoms with Gasteiger partial charge in [-0.1, -0.05) is 37.1 Å². The van der Waals surface area contributed by atoms with Crippen molar-refractivity contribution in [3.8, 4) is 0 Å². The predicted octanol–water partition coefficient (Wildman–Crippen LogP) is 4.22. The lowest BCUT2D eigenvalue weighted by molar-refractivity contribution is -0.134. The lowest BCUT2D eigenvalue weighted by Gasteiger charge is -2.29. The van der Waals surface area contributed by atoms with Crippen LogP contribution in [-0.2, 0) is 9.59 Å². The second-order valence-corrected chi connectivity index (χ2v) is 8.47. The Bertz CT molecular complexity index is 648. The first kappa shape index (κ1) is 19.6. The molecule has 0 saturated carbocycles. The molecule has 2 rings (SSSR count). The monoisotopic (exact) mass is 360 g/mol. The number of anilines is 1. The van der Waals surface area contributed by atoms with E-state index >= 15 is 0 Å². The third-order valence-electron chi connectivity index (χ3n) is 4.05. The van der Waals surface area contributed by atoms with Gasteiger partial charge in [0.05, 0.1) is 5.37 Å². The standard InChI is InChI=1S/C20H28N2O2S/c1-13(2)10-18(23)22-17(12-25-19(22)11-14(3)4)20(24)21-16-8-6-15(5)7-9-16/h6-10,14,17,19H,11-12H2,1-5H3,(H,21,24). The normalized spacial score (nSPS) is 19.8. The Hall–Kier alpha value is -1.75. The molecule has 2 unspecified atom stereocenters. The maximum absolute atomic E-state index is 12.8. The highest BCUT2D eigenvalue weighted by Crippen LogP contribution is 2.34. The van der Waals surface area contributed by atoms with E-state index in [2.05, 4.69) is 19.2 Å². The Kier molecular flexibility index (Phi) is 6.71. The zero-order chi connectivity index (χ0) is 18.6. The predicted molar refractivity (Wildman–Crippen MR) is 106 cm³/mol. The molecule has 0 aliphatic carbocycles. The minimum absolute atomic E-state index is 0.0527. The molecule has 136 valence electrons. The summed E-state index contributed by atoms with van der Waals surface area (Å²) in [5.41, 5.74) is 2.86. The van der Waals surface area contributed by atoms with Gasteiger partial charge in [0.15, 0.2) is 0 Å². The van der Waals surface area contributed by atoms with Gasteiger partial charge in [0.1, 0.15) is 6.04 Å². The van der Waals surface area contributed by atoms with E-state index in [-0.39, 0.29) is 17.2 Å². The molecule has 5 heteroatoms. The lowest BCUT2D eigenvalue weighted by Crippen LogP contribution is -2.47. The van der Waals surface area contributed by atoms with E-state index < -0.39 is 6.04 Å². The van der Waals surface area contributed by atoms with E-state index in [0.717, 1.165) is 23.2 Å². The van der Waals surface area contributed by atoms with Gasteiger partial charge in [-0.2, -0.15) is 0 Å². The summed E-state index contributed by atoms with van der Waals surface area (Å²) >= 11 is 1.70. The van der Waals surface area contributed by atoms with Crippen molar-refractivity contribution in [2.24, 2.45) is 5.92 Å². The fraction of sp³-hybridized carbons (Fsp3) is 0.500. The van der Waals surface area contributed by atoms with Gasteiger partial charge in [0.2, 0.25) is 11.8 Å². The van der Waals surface area contributed by atoms with Crippen LogP contribution in [0.2, 0.25) is 0 Å². The van der Waals surface area contributed by atoms with Crippen molar-refractivity contribution in [3.05, 3.63) is 41.5 Å². The van der Waals surface area contributed by atoms with Crippen molar-refractivity contribution < 1.29 is 9.59 Å². The Morgan fingerprint density at radius 1 is 1.28 bits per heavy atom. The van der Waals surface area contributed by atoms with Gasteiger partial charge in [-0.15, -0.1) is 11.8 Å². The third kappa shape index (κ3) is 5.36. The fourth-order valence-electron chi connectivity index (χ4n) is 2.83. The van der Waals surface area contributed by atoms with Gasteiger partial charge in [-0.3, -0.25) is 9.59 Å². The molecule has 1 fully saturated rings. The van der Waals surface area contributed by atoms with E-state index in [0.29, 0.717) is 11.7 Å². The van der Waals surface area contributed by atoms with Crippen LogP contribution in [0.4, 0.5) is 5.69 Å². The molecule has 2 atom stereocenters. The molecule has 4 nitrogen and oxygen atoms in total. The first-order chi connectivity index (χ1) is 11.8. The highest BCUT2D eigenvalue weighted by Gasteiger charge is 2.40. The van der Waals surface area contributed by atoms with Crippen LogP contribution in [0.1, 0.15) is 39.7 Å². The zero-order valence-corrected chi connectivity index (χ0v) is 16.5. The SMILES string of the molecule is CC(C)=CC(=O)N1C(CC(C)C)SCC1C(=O)Nc1ccc(C)cc1. The molecule has 2 amide bonds. The number of rotatable bonds is 5. The number of aryl methyl sites for hydroxylation is 1. The smallest absolute Gasteiger partial charge is 0.248 e. The van der Waals surface area contributed by atoms with Crippen LogP contribution in [0.15, 0.2) is 35.9 Å². The summed E-state index contributed by atoms with van der Waals surface area (Å²) in [5.74, 6) is 0.925. The Balaban J connectivity index is 2.18. The highest BCUT2D eigenvalue weighted by molar-refractivity contribution is 8.00. The van der Waals surface area contributed by atoms with Crippen molar-refractivity contribution in [3.63, 3.8) is 0 Å². The van der Waals surface area contributed by atoms with Gasteiger partial charge < -0.3 is 10.2 Å². The molecule has 0 spiro atoms. The number of benzene rings is 1. The van der Waals surface area contributed by atoms with Gasteiger partial charge in [0, 0.05) is 17.5 Å². The van der Waals surface area contributed by atoms with E-state index in [1.807, 2.05) is 45.0 Å². The number of hydrogen-bond donors (Lipinski definition) is 1. The van der Waals surface area contributed by atoms with Gasteiger partial charge in [-0.05, 0) is 45.2 Å². The molecular weight excluding hydrogens is 332 g/mol. The van der Waals surface area contributed by atoms with Crippen molar-refractivity contribution in [1.82, 2.24) is 4.90 Å². The van der Waals surface area contributed by atoms with E-state index in [4.69, 9.17) is 0 Å². The molecule has 0 radical (unpaired) electrons. The van der Waals surface area contributed by atoms with E-state index in [1.165, 1.54) is 0 Å². The Labute approximate surface area is 155 Å². The summed E-state index contributed by atoms with van der Waals surface area (Å²) in [6.07, 6.45) is 2.52. The van der Waals surface area contributed by atoms with Crippen molar-refractivity contribution in [2.75, 3.05) is 11.1 Å². The molecule has 1 aromatic rings. The number of nitrogens with one attached hydrogen (secondary N) is 1. The lowest BCUT2D eigenvalue weighted by atomic mass is 10.1. The minimum atomic E-state index is -0.432. The van der Waals surface area contributed by atoms with Gasteiger partial charge in [0.25, 0.3) is 0 Å². The average Bonchev–Trinajstić information content (AvgIpc) is 2.92. The number of carbonyl (C=O) groups is 2. The van der Waals surface area contributed by atoms with Crippen LogP contribution in [0, 0.1) is 12.8 Å². The molecule has 1 aliphatic rings. The molecule has 1 aromatic carbocycles. The third-order valence-corrected chi connectivity index (χ3v) is 5.37. The molecule has 1 aliphatic heterocycles. The maximum atomic E-state index is 12.8. The van der Waals surface area contributed by atoms with Crippen LogP contribution >= 0.6 is 11.8 Å². The number of carbonyl (C=O) groups excluding carboxylic acids is 2. The number of amides is 2. The van der Waals surface area contributed by atoms with E-state index in [1.54, 1.807) is 22.7 Å². The summed E-state index contributed by atoms with van der Waals surface area (Å²) in [6, 6.07) is 7.28. The largest absolute Gasteiger partial charge is 0.324 e. The first-order valence-corrected chi connectivity index (χ1v) is 9.79. The van der Waals surface area contributed by atoms with Crippen LogP contribution in [0.5, 0.6) is 0 Å². The minimum Gasteiger partial charge on any atom is -0.324 e. The molecule has 0 bridgehead atoms. The summed E-state index contributed by atoms with van der Waals surface area (Å²) in [6.45, 7) is 10.1. The van der Waals surface area contributed by atoms with Crippen LogP contribution in [0.25, 0.3) is 0 Å². The van der Waals surface area contributed by atoms with Crippen LogP contribution in [-0.4, -0.2) is 33.9 Å². The quantitative estimate of drug-likeness (QED) is 0.800. The summed E-state index contributed by atoms with van der Waals surface area (Å²) in [4.78, 5) is 27.3. The van der Waals surface area contributed by atoms with Crippen molar-refractivity contribution in [1.29, 1.82) is 0 Å². The highest BCUT2D eigenvalue weighted by atomic mass is 32.2. The molecule has 1 N–H and O–H groups in total. The van der Waals surface area contributed by atoms with Crippen LogP contribution < -0.4 is 5.32 Å². The first-order valence-electron chi connectivity index (χ1n) is 8.74. The summed E-state index contributed by atoms with van der Waals surface area (Å²) in [5, 5.41) is 3.01. The molecular formula is C20H28N2O2S. The van der Waals surface area contributed by atoms with Crippen molar-refractivity contribution in [2.45, 2.75) is 52.5 Å². The number of hydrogen-bond acceptors (Lipinski definition) is 3. The maximum Gasteiger partial charge on any atom is 0.248 e. The number of thioether (sulfide) groups is 1. The van der Waals surface area contributed by atoms with Gasteiger partial charge >= 0.3 is 0 Å². The summed E-state index contributed by atoms with van der Waals surface area (Å²) in [7, 11) is 0. The zero-order valence-electron chi connectivity index (χ0n) is 15.7. The van der Waals surface area contributed by atoms with Crippen molar-refractivity contribution >= 4 is 29.3 Å². The van der Waals surface area contributed by atoms with Crippen LogP contribution in [0.3, 0.4) is 0 Å². The second-order valence-electron chi connectivity index (χ2n) is 7.26. The number of nitrogens with zero attached hydrogens (tertiary/aromatic N) is 1. The average molecular weight is 361 g/mol. The second kappa shape index (κ2) is 8.56. The Morgan fingerprint density at radius 2 is 1.92 bits per heavy atom. The topological polar surface area (TPSA) is 49.4 Å². The molecule has 0 aromatic heterocycles. The van der Waals surface area contributed by atoms with E-state index in [9.17, 15) is 9.59 Å². The molecule has 25 heavy (non-hydrogen) atoms. The molecule has 1 saturated heterocycles. The number of allylic oxidation sites excluding steroid dienone is 1.